The van der Waals surface area contributed by atoms with Gasteiger partial charge in [-0.15, -0.1) is 0 Å². The molecule has 0 spiro atoms. The van der Waals surface area contributed by atoms with Crippen LogP contribution < -0.4 is 11.1 Å². The van der Waals surface area contributed by atoms with Gasteiger partial charge in [-0.05, 0) is 25.3 Å². The summed E-state index contributed by atoms with van der Waals surface area (Å²) in [4.78, 5) is 21.5. The summed E-state index contributed by atoms with van der Waals surface area (Å²) in [5.74, 6) is -1.21. The lowest BCUT2D eigenvalue weighted by molar-refractivity contribution is -0.385. The maximum atomic E-state index is 13.5. The summed E-state index contributed by atoms with van der Waals surface area (Å²) >= 11 is 0. The molecule has 0 aromatic heterocycles. The average molecular weight is 267 g/mol. The van der Waals surface area contributed by atoms with E-state index in [0.717, 1.165) is 31.4 Å². The highest BCUT2D eigenvalue weighted by molar-refractivity contribution is 5.91. The number of benzene rings is 1. The standard InChI is InChI=1S/C12H14FN3O3/c13-9-6-8(16(18)19)2-3-10(9)15-11(17)7-12(14)4-1-5-12/h2-3,6H,1,4-5,7,14H2,(H,15,17). The first-order valence-corrected chi connectivity index (χ1v) is 5.92. The molecule has 1 aromatic rings. The van der Waals surface area contributed by atoms with Crippen LogP contribution in [0, 0.1) is 15.9 Å². The Labute approximate surface area is 108 Å². The molecule has 0 bridgehead atoms. The number of nitro benzene ring substituents is 1. The molecule has 0 atom stereocenters. The summed E-state index contributed by atoms with van der Waals surface area (Å²) < 4.78 is 13.5. The highest BCUT2D eigenvalue weighted by atomic mass is 19.1. The summed E-state index contributed by atoms with van der Waals surface area (Å²) in [5.41, 5.74) is 5.00. The number of nitrogens with zero attached hydrogens (tertiary/aromatic N) is 1. The molecule has 0 heterocycles. The Morgan fingerprint density at radius 2 is 2.21 bits per heavy atom. The fourth-order valence-corrected chi connectivity index (χ4v) is 2.04. The lowest BCUT2D eigenvalue weighted by atomic mass is 9.75. The molecule has 1 aliphatic carbocycles. The van der Waals surface area contributed by atoms with E-state index in [1.54, 1.807) is 0 Å². The Balaban J connectivity index is 2.02. The topological polar surface area (TPSA) is 98.3 Å². The van der Waals surface area contributed by atoms with Gasteiger partial charge >= 0.3 is 0 Å². The minimum absolute atomic E-state index is 0.0708. The van der Waals surface area contributed by atoms with Gasteiger partial charge in [0, 0.05) is 18.0 Å². The van der Waals surface area contributed by atoms with Crippen LogP contribution in [0.3, 0.4) is 0 Å². The predicted molar refractivity (Wildman–Crippen MR) is 67.1 cm³/mol. The van der Waals surface area contributed by atoms with Crippen molar-refractivity contribution in [1.29, 1.82) is 0 Å². The number of anilines is 1. The largest absolute Gasteiger partial charge is 0.325 e. The van der Waals surface area contributed by atoms with Crippen LogP contribution in [0.5, 0.6) is 0 Å². The maximum Gasteiger partial charge on any atom is 0.272 e. The van der Waals surface area contributed by atoms with E-state index in [1.807, 2.05) is 0 Å². The fraction of sp³-hybridized carbons (Fsp3) is 0.417. The zero-order valence-corrected chi connectivity index (χ0v) is 10.2. The van der Waals surface area contributed by atoms with Gasteiger partial charge in [0.1, 0.15) is 0 Å². The Bertz CT molecular complexity index is 529. The van der Waals surface area contributed by atoms with E-state index in [2.05, 4.69) is 5.32 Å². The fourth-order valence-electron chi connectivity index (χ4n) is 2.04. The van der Waals surface area contributed by atoms with Crippen molar-refractivity contribution in [3.63, 3.8) is 0 Å². The Morgan fingerprint density at radius 1 is 1.53 bits per heavy atom. The molecule has 1 aromatic carbocycles. The first-order valence-electron chi connectivity index (χ1n) is 5.92. The van der Waals surface area contributed by atoms with Crippen molar-refractivity contribution in [2.24, 2.45) is 5.73 Å². The van der Waals surface area contributed by atoms with Gasteiger partial charge in [0.15, 0.2) is 5.82 Å². The lowest BCUT2D eigenvalue weighted by Gasteiger charge is -2.37. The molecule has 1 aliphatic rings. The van der Waals surface area contributed by atoms with Gasteiger partial charge in [-0.1, -0.05) is 0 Å². The molecule has 1 amide bonds. The summed E-state index contributed by atoms with van der Waals surface area (Å²) in [7, 11) is 0. The first kappa shape index (κ1) is 13.4. The van der Waals surface area contributed by atoms with E-state index in [0.29, 0.717) is 0 Å². The molecular weight excluding hydrogens is 253 g/mol. The number of halogens is 1. The van der Waals surface area contributed by atoms with Crippen LogP contribution in [-0.2, 0) is 4.79 Å². The molecule has 2 rings (SSSR count). The molecule has 102 valence electrons. The number of nitrogens with two attached hydrogens (primary N) is 1. The van der Waals surface area contributed by atoms with Gasteiger partial charge in [0.05, 0.1) is 16.7 Å². The molecule has 1 fully saturated rings. The van der Waals surface area contributed by atoms with Crippen LogP contribution in [-0.4, -0.2) is 16.4 Å². The van der Waals surface area contributed by atoms with Crippen molar-refractivity contribution in [3.8, 4) is 0 Å². The third kappa shape index (κ3) is 3.05. The smallest absolute Gasteiger partial charge is 0.272 e. The van der Waals surface area contributed by atoms with Gasteiger partial charge in [-0.3, -0.25) is 14.9 Å². The lowest BCUT2D eigenvalue weighted by Crippen LogP contribution is -2.48. The quantitative estimate of drug-likeness (QED) is 0.643. The molecule has 3 N–H and O–H groups in total. The zero-order valence-electron chi connectivity index (χ0n) is 10.2. The Hall–Kier alpha value is -2.02. The van der Waals surface area contributed by atoms with Crippen molar-refractivity contribution < 1.29 is 14.1 Å². The minimum atomic E-state index is -0.831. The average Bonchev–Trinajstić information content (AvgIpc) is 2.29. The minimum Gasteiger partial charge on any atom is -0.325 e. The number of rotatable bonds is 4. The van der Waals surface area contributed by atoms with Crippen LogP contribution in [0.1, 0.15) is 25.7 Å². The van der Waals surface area contributed by atoms with Crippen LogP contribution in [0.4, 0.5) is 15.8 Å². The summed E-state index contributed by atoms with van der Waals surface area (Å²) in [5, 5.41) is 12.8. The van der Waals surface area contributed by atoms with E-state index in [-0.39, 0.29) is 23.7 Å². The molecular formula is C12H14FN3O3. The summed E-state index contributed by atoms with van der Waals surface area (Å²) in [6, 6.07) is 3.09. The molecule has 0 saturated heterocycles. The third-order valence-corrected chi connectivity index (χ3v) is 3.30. The van der Waals surface area contributed by atoms with E-state index in [1.165, 1.54) is 6.07 Å². The van der Waals surface area contributed by atoms with Gasteiger partial charge < -0.3 is 11.1 Å². The first-order chi connectivity index (χ1) is 8.89. The molecule has 0 aliphatic heterocycles. The zero-order chi connectivity index (χ0) is 14.0. The van der Waals surface area contributed by atoms with E-state index >= 15 is 0 Å². The summed E-state index contributed by atoms with van der Waals surface area (Å²) in [6.45, 7) is 0. The van der Waals surface area contributed by atoms with Crippen LogP contribution in [0.2, 0.25) is 0 Å². The SMILES string of the molecule is NC1(CC(=O)Nc2ccc([N+](=O)[O-])cc2F)CCC1. The molecule has 19 heavy (non-hydrogen) atoms. The second-order valence-electron chi connectivity index (χ2n) is 4.86. The number of nitro groups is 1. The Kier molecular flexibility index (Phi) is 3.48. The number of hydrogen-bond donors (Lipinski definition) is 2. The van der Waals surface area contributed by atoms with Crippen molar-refractivity contribution >= 4 is 17.3 Å². The maximum absolute atomic E-state index is 13.5. The number of carbonyl (C=O) groups excluding carboxylic acids is 1. The second-order valence-corrected chi connectivity index (χ2v) is 4.86. The van der Waals surface area contributed by atoms with Crippen LogP contribution in [0.15, 0.2) is 18.2 Å². The van der Waals surface area contributed by atoms with Crippen molar-refractivity contribution in [1.82, 2.24) is 0 Å². The van der Waals surface area contributed by atoms with Gasteiger partial charge in [0.2, 0.25) is 5.91 Å². The number of carbonyl (C=O) groups is 1. The normalized spacial score (nSPS) is 16.5. The van der Waals surface area contributed by atoms with Gasteiger partial charge in [-0.2, -0.15) is 0 Å². The van der Waals surface area contributed by atoms with Crippen LogP contribution >= 0.6 is 0 Å². The molecule has 1 saturated carbocycles. The number of hydrogen-bond acceptors (Lipinski definition) is 4. The number of amides is 1. The van der Waals surface area contributed by atoms with E-state index < -0.39 is 16.3 Å². The number of nitrogens with one attached hydrogen (secondary N) is 1. The van der Waals surface area contributed by atoms with E-state index in [4.69, 9.17) is 5.73 Å². The van der Waals surface area contributed by atoms with Gasteiger partial charge in [0.25, 0.3) is 5.69 Å². The summed E-state index contributed by atoms with van der Waals surface area (Å²) in [6.07, 6.45) is 2.69. The van der Waals surface area contributed by atoms with Crippen molar-refractivity contribution in [2.45, 2.75) is 31.2 Å². The molecule has 0 radical (unpaired) electrons. The van der Waals surface area contributed by atoms with Crippen LogP contribution in [0.25, 0.3) is 0 Å². The Morgan fingerprint density at radius 3 is 2.68 bits per heavy atom. The molecule has 7 heteroatoms. The van der Waals surface area contributed by atoms with E-state index in [9.17, 15) is 19.3 Å². The molecule has 6 nitrogen and oxygen atoms in total. The van der Waals surface area contributed by atoms with Crippen molar-refractivity contribution in [3.05, 3.63) is 34.1 Å². The monoisotopic (exact) mass is 267 g/mol. The molecule has 0 unspecified atom stereocenters. The highest BCUT2D eigenvalue weighted by Gasteiger charge is 2.34. The number of non-ortho nitro benzene ring substituents is 1. The predicted octanol–water partition coefficient (Wildman–Crippen LogP) is 1.94. The second kappa shape index (κ2) is 4.93. The van der Waals surface area contributed by atoms with Gasteiger partial charge in [-0.25, -0.2) is 4.39 Å². The van der Waals surface area contributed by atoms with Crippen molar-refractivity contribution in [2.75, 3.05) is 5.32 Å². The highest BCUT2D eigenvalue weighted by Crippen LogP contribution is 2.32. The third-order valence-electron chi connectivity index (χ3n) is 3.30.